The molecule has 3 rings (SSSR count). The molecule has 0 fully saturated rings. The number of carbonyl (C=O) groups excluding carboxylic acids is 4. The van der Waals surface area contributed by atoms with Crippen LogP contribution in [-0.4, -0.2) is 59.0 Å². The van der Waals surface area contributed by atoms with E-state index < -0.39 is 53.1 Å². The Morgan fingerprint density at radius 1 is 0.844 bits per heavy atom. The number of benzene rings is 2. The zero-order valence-corrected chi connectivity index (χ0v) is 27.1. The van der Waals surface area contributed by atoms with Crippen molar-refractivity contribution in [3.63, 3.8) is 0 Å². The summed E-state index contributed by atoms with van der Waals surface area (Å²) in [7, 11) is 0. The van der Waals surface area contributed by atoms with E-state index in [1.807, 2.05) is 59.2 Å². The third kappa shape index (κ3) is 9.69. The SMILES string of the molecule is C=CCOC(=O)N[C@H](C(=O)OCC)[C@H](c1cn(Cc2ccccc2)c2ccccc12)C(C(=O)OC(C)(C)C)C(=O)OC(C)(C)C. The van der Waals surface area contributed by atoms with Crippen LogP contribution >= 0.6 is 0 Å². The molecule has 10 heteroatoms. The minimum atomic E-state index is -1.69. The van der Waals surface area contributed by atoms with Gasteiger partial charge in [0.2, 0.25) is 0 Å². The summed E-state index contributed by atoms with van der Waals surface area (Å²) in [5, 5.41) is 3.22. The first-order valence-corrected chi connectivity index (χ1v) is 14.9. The normalized spacial score (nSPS) is 13.1. The van der Waals surface area contributed by atoms with Crippen LogP contribution in [0.25, 0.3) is 10.9 Å². The molecule has 0 aliphatic rings. The standard InChI is InChI=1S/C35H44N2O8/c1-9-20-43-33(41)36-29(32(40)42-10-2)27(28(30(38)44-34(3,4)5)31(39)45-35(6,7)8)25-22-37(21-23-16-12-11-13-17-23)26-19-15-14-18-24(25)26/h9,11-19,22,27-29H,1,10,20-21H2,2-8H3,(H,36,41)/t27-,29+/m1/s1. The summed E-state index contributed by atoms with van der Waals surface area (Å²) < 4.78 is 24.0. The molecule has 2 atom stereocenters. The van der Waals surface area contributed by atoms with E-state index in [1.165, 1.54) is 6.08 Å². The summed E-state index contributed by atoms with van der Waals surface area (Å²) in [6, 6.07) is 15.6. The molecule has 3 aromatic rings. The molecule has 0 unspecified atom stereocenters. The molecule has 0 aliphatic carbocycles. The molecule has 2 aromatic carbocycles. The lowest BCUT2D eigenvalue weighted by Gasteiger charge is -2.33. The van der Waals surface area contributed by atoms with Crippen molar-refractivity contribution in [3.05, 3.63) is 84.6 Å². The molecule has 0 bridgehead atoms. The van der Waals surface area contributed by atoms with Crippen LogP contribution < -0.4 is 5.32 Å². The Balaban J connectivity index is 2.35. The quantitative estimate of drug-likeness (QED) is 0.115. The molecule has 0 saturated heterocycles. The van der Waals surface area contributed by atoms with Gasteiger partial charge in [-0.25, -0.2) is 9.59 Å². The number of amides is 1. The molecule has 0 radical (unpaired) electrons. The number of esters is 3. The zero-order valence-electron chi connectivity index (χ0n) is 27.1. The Bertz CT molecular complexity index is 1470. The van der Waals surface area contributed by atoms with Gasteiger partial charge >= 0.3 is 24.0 Å². The first-order chi connectivity index (χ1) is 21.1. The van der Waals surface area contributed by atoms with E-state index in [0.29, 0.717) is 17.5 Å². The van der Waals surface area contributed by atoms with Gasteiger partial charge in [-0.1, -0.05) is 61.2 Å². The van der Waals surface area contributed by atoms with Gasteiger partial charge < -0.3 is 28.8 Å². The predicted octanol–water partition coefficient (Wildman–Crippen LogP) is 5.92. The van der Waals surface area contributed by atoms with Gasteiger partial charge in [0.15, 0.2) is 5.92 Å². The van der Waals surface area contributed by atoms with Gasteiger partial charge in [-0.3, -0.25) is 9.59 Å². The highest BCUT2D eigenvalue weighted by molar-refractivity contribution is 5.99. The largest absolute Gasteiger partial charge is 0.464 e. The fourth-order valence-corrected chi connectivity index (χ4v) is 4.95. The lowest BCUT2D eigenvalue weighted by Crippen LogP contribution is -2.52. The van der Waals surface area contributed by atoms with Crippen molar-refractivity contribution >= 4 is 34.9 Å². The summed E-state index contributed by atoms with van der Waals surface area (Å²) in [6.45, 7) is 15.5. The van der Waals surface area contributed by atoms with Gasteiger partial charge in [-0.2, -0.15) is 0 Å². The van der Waals surface area contributed by atoms with Gasteiger partial charge in [0.25, 0.3) is 0 Å². The third-order valence-electron chi connectivity index (χ3n) is 6.56. The van der Waals surface area contributed by atoms with E-state index >= 15 is 0 Å². The van der Waals surface area contributed by atoms with Gasteiger partial charge in [-0.05, 0) is 65.7 Å². The molecule has 0 saturated carbocycles. The summed E-state index contributed by atoms with van der Waals surface area (Å²) in [4.78, 5) is 54.7. The second-order valence-corrected chi connectivity index (χ2v) is 12.5. The highest BCUT2D eigenvalue weighted by Crippen LogP contribution is 2.38. The summed E-state index contributed by atoms with van der Waals surface area (Å²) >= 11 is 0. The van der Waals surface area contributed by atoms with Crippen molar-refractivity contribution in [2.24, 2.45) is 5.92 Å². The molecule has 1 amide bonds. The van der Waals surface area contributed by atoms with E-state index in [0.717, 1.165) is 11.1 Å². The molecule has 1 N–H and O–H groups in total. The van der Waals surface area contributed by atoms with Gasteiger partial charge in [-0.15, -0.1) is 0 Å². The maximum absolute atomic E-state index is 14.0. The van der Waals surface area contributed by atoms with Gasteiger partial charge in [0.1, 0.15) is 23.9 Å². The van der Waals surface area contributed by atoms with Crippen LogP contribution in [-0.2, 0) is 39.9 Å². The van der Waals surface area contributed by atoms with E-state index in [9.17, 15) is 19.2 Å². The number of nitrogens with one attached hydrogen (secondary N) is 1. The van der Waals surface area contributed by atoms with E-state index in [1.54, 1.807) is 54.7 Å². The summed E-state index contributed by atoms with van der Waals surface area (Å²) in [6.07, 6.45) is 2.20. The number of aromatic nitrogens is 1. The number of carbonyl (C=O) groups is 4. The van der Waals surface area contributed by atoms with Crippen LogP contribution in [0.1, 0.15) is 65.5 Å². The number of rotatable bonds is 12. The third-order valence-corrected chi connectivity index (χ3v) is 6.56. The molecule has 1 heterocycles. The maximum Gasteiger partial charge on any atom is 0.408 e. The smallest absolute Gasteiger partial charge is 0.408 e. The minimum Gasteiger partial charge on any atom is -0.464 e. The molecular weight excluding hydrogens is 576 g/mol. The molecule has 0 aliphatic heterocycles. The van der Waals surface area contributed by atoms with Crippen molar-refractivity contribution in [2.45, 2.75) is 78.2 Å². The van der Waals surface area contributed by atoms with E-state index in [2.05, 4.69) is 11.9 Å². The molecule has 10 nitrogen and oxygen atoms in total. The topological polar surface area (TPSA) is 122 Å². The van der Waals surface area contributed by atoms with E-state index in [4.69, 9.17) is 18.9 Å². The van der Waals surface area contributed by atoms with Crippen LogP contribution in [0.15, 0.2) is 73.4 Å². The van der Waals surface area contributed by atoms with Crippen LogP contribution in [0, 0.1) is 5.92 Å². The molecule has 0 spiro atoms. The second-order valence-electron chi connectivity index (χ2n) is 12.5. The molecule has 1 aromatic heterocycles. The van der Waals surface area contributed by atoms with Crippen LogP contribution in [0.4, 0.5) is 4.79 Å². The number of fused-ring (bicyclic) bond motifs is 1. The van der Waals surface area contributed by atoms with Crippen LogP contribution in [0.5, 0.6) is 0 Å². The fraction of sp³-hybridized carbons (Fsp3) is 0.429. The van der Waals surface area contributed by atoms with Gasteiger partial charge in [0, 0.05) is 29.6 Å². The molecular formula is C35H44N2O8. The Kier molecular flexibility index (Phi) is 11.6. The Labute approximate surface area is 264 Å². The lowest BCUT2D eigenvalue weighted by molar-refractivity contribution is -0.176. The number of ether oxygens (including phenoxy) is 4. The number of alkyl carbamates (subject to hydrolysis) is 1. The lowest BCUT2D eigenvalue weighted by atomic mass is 9.79. The summed E-state index contributed by atoms with van der Waals surface area (Å²) in [5.74, 6) is -5.72. The Morgan fingerprint density at radius 3 is 1.98 bits per heavy atom. The molecule has 45 heavy (non-hydrogen) atoms. The van der Waals surface area contributed by atoms with Crippen molar-refractivity contribution in [1.29, 1.82) is 0 Å². The summed E-state index contributed by atoms with van der Waals surface area (Å²) in [5.41, 5.74) is 0.249. The maximum atomic E-state index is 14.0. The van der Waals surface area contributed by atoms with Crippen LogP contribution in [0.2, 0.25) is 0 Å². The minimum absolute atomic E-state index is 0.0231. The fourth-order valence-electron chi connectivity index (χ4n) is 4.95. The predicted molar refractivity (Wildman–Crippen MR) is 171 cm³/mol. The number of para-hydroxylation sites is 1. The highest BCUT2D eigenvalue weighted by atomic mass is 16.6. The van der Waals surface area contributed by atoms with Crippen molar-refractivity contribution < 1.29 is 38.1 Å². The average molecular weight is 621 g/mol. The zero-order chi connectivity index (χ0) is 33.4. The molecule has 242 valence electrons. The highest BCUT2D eigenvalue weighted by Gasteiger charge is 2.49. The monoisotopic (exact) mass is 620 g/mol. The Morgan fingerprint density at radius 2 is 1.42 bits per heavy atom. The average Bonchev–Trinajstić information content (AvgIpc) is 3.30. The number of hydrogen-bond acceptors (Lipinski definition) is 8. The Hall–Kier alpha value is -4.60. The first-order valence-electron chi connectivity index (χ1n) is 14.9. The number of nitrogens with zero attached hydrogens (tertiary/aromatic N) is 1. The number of hydrogen-bond donors (Lipinski definition) is 1. The van der Waals surface area contributed by atoms with E-state index in [-0.39, 0.29) is 13.2 Å². The van der Waals surface area contributed by atoms with Crippen molar-refractivity contribution in [1.82, 2.24) is 9.88 Å². The van der Waals surface area contributed by atoms with Crippen LogP contribution in [0.3, 0.4) is 0 Å². The van der Waals surface area contributed by atoms with Crippen molar-refractivity contribution in [3.8, 4) is 0 Å². The first kappa shape index (κ1) is 34.9. The second kappa shape index (κ2) is 14.9. The van der Waals surface area contributed by atoms with Crippen molar-refractivity contribution in [2.75, 3.05) is 13.2 Å². The van der Waals surface area contributed by atoms with Gasteiger partial charge in [0.05, 0.1) is 6.61 Å².